The number of halogens is 3. The molecule has 2 fully saturated rings. The molecule has 1 saturated carbocycles. The second kappa shape index (κ2) is 6.26. The lowest BCUT2D eigenvalue weighted by atomic mass is 10.1. The summed E-state index contributed by atoms with van der Waals surface area (Å²) in [4.78, 5) is 25.3. The van der Waals surface area contributed by atoms with Crippen molar-refractivity contribution in [2.24, 2.45) is 0 Å². The van der Waals surface area contributed by atoms with E-state index in [1.165, 1.54) is 0 Å². The minimum atomic E-state index is -1.52. The molecule has 2 aliphatic rings. The average molecular weight is 381 g/mol. The van der Waals surface area contributed by atoms with Gasteiger partial charge in [-0.25, -0.2) is 18.0 Å². The Morgan fingerprint density at radius 1 is 1.37 bits per heavy atom. The zero-order valence-corrected chi connectivity index (χ0v) is 14.5. The molecule has 0 spiro atoms. The molecule has 0 bridgehead atoms. The number of carboxylic acids is 1. The predicted octanol–water partition coefficient (Wildman–Crippen LogP) is 2.06. The fraction of sp³-hybridized carbons (Fsp3) is 0.444. The molecule has 1 saturated heterocycles. The molecule has 4 rings (SSSR count). The summed E-state index contributed by atoms with van der Waals surface area (Å²) < 4.78 is 45.0. The van der Waals surface area contributed by atoms with Gasteiger partial charge in [0.15, 0.2) is 5.82 Å². The zero-order chi connectivity index (χ0) is 19.5. The molecule has 1 aromatic carbocycles. The first-order valence-corrected chi connectivity index (χ1v) is 8.72. The van der Waals surface area contributed by atoms with Crippen LogP contribution in [0.25, 0.3) is 10.9 Å². The molecule has 2 heterocycles. The molecule has 6 nitrogen and oxygen atoms in total. The normalized spacial score (nSPS) is 25.0. The van der Waals surface area contributed by atoms with Crippen LogP contribution in [0.5, 0.6) is 0 Å². The van der Waals surface area contributed by atoms with Gasteiger partial charge in [0.05, 0.1) is 16.9 Å². The average Bonchev–Trinajstić information content (AvgIpc) is 3.32. The van der Waals surface area contributed by atoms with E-state index in [1.54, 1.807) is 4.90 Å². The molecular weight excluding hydrogens is 363 g/mol. The third-order valence-electron chi connectivity index (χ3n) is 5.14. The van der Waals surface area contributed by atoms with Crippen LogP contribution >= 0.6 is 0 Å². The largest absolute Gasteiger partial charge is 0.477 e. The number of nitrogens with zero attached hydrogens (tertiary/aromatic N) is 2. The van der Waals surface area contributed by atoms with Gasteiger partial charge in [0, 0.05) is 38.3 Å². The van der Waals surface area contributed by atoms with Crippen molar-refractivity contribution in [2.45, 2.75) is 31.6 Å². The summed E-state index contributed by atoms with van der Waals surface area (Å²) in [5.74, 6) is -3.42. The van der Waals surface area contributed by atoms with Gasteiger partial charge in [-0.05, 0) is 13.0 Å². The number of aromatic nitrogens is 1. The molecule has 144 valence electrons. The third-order valence-corrected chi connectivity index (χ3v) is 5.14. The predicted molar refractivity (Wildman–Crippen MR) is 93.3 cm³/mol. The van der Waals surface area contributed by atoms with Crippen molar-refractivity contribution in [1.82, 2.24) is 9.88 Å². The Morgan fingerprint density at radius 3 is 2.67 bits per heavy atom. The van der Waals surface area contributed by atoms with Crippen molar-refractivity contribution in [1.29, 1.82) is 0 Å². The fourth-order valence-corrected chi connectivity index (χ4v) is 3.71. The van der Waals surface area contributed by atoms with Gasteiger partial charge in [-0.2, -0.15) is 0 Å². The molecule has 9 heteroatoms. The van der Waals surface area contributed by atoms with Crippen LogP contribution in [-0.4, -0.2) is 47.5 Å². The Balaban J connectivity index is 2.00. The highest BCUT2D eigenvalue weighted by molar-refractivity contribution is 5.94. The van der Waals surface area contributed by atoms with Crippen LogP contribution in [0.2, 0.25) is 0 Å². The Labute approximate surface area is 152 Å². The molecular formula is C18H18F3N3O3. The second-order valence-corrected chi connectivity index (χ2v) is 7.12. The van der Waals surface area contributed by atoms with E-state index in [0.29, 0.717) is 19.6 Å². The van der Waals surface area contributed by atoms with Gasteiger partial charge in [0.25, 0.3) is 0 Å². The number of carbonyl (C=O) groups is 1. The summed E-state index contributed by atoms with van der Waals surface area (Å²) in [5.41, 5.74) is -2.15. The maximum Gasteiger partial charge on any atom is 0.341 e. The van der Waals surface area contributed by atoms with Crippen LogP contribution in [0, 0.1) is 11.6 Å². The number of pyridine rings is 1. The van der Waals surface area contributed by atoms with E-state index >= 15 is 4.39 Å². The highest BCUT2D eigenvalue weighted by Crippen LogP contribution is 2.42. The van der Waals surface area contributed by atoms with Crippen molar-refractivity contribution < 1.29 is 23.1 Å². The number of piperazine rings is 1. The number of rotatable bonds is 3. The lowest BCUT2D eigenvalue weighted by Crippen LogP contribution is -2.49. The SMILES string of the molecule is C[C@H]1CN(c2c(F)cc3c(=O)c(C(=O)O)cn([C@@H]4C[C@@H]4F)c3c2F)CCN1. The number of fused-ring (bicyclic) bond motifs is 1. The van der Waals surface area contributed by atoms with E-state index in [-0.39, 0.29) is 23.7 Å². The minimum absolute atomic E-state index is 0.0171. The Morgan fingerprint density at radius 2 is 2.07 bits per heavy atom. The minimum Gasteiger partial charge on any atom is -0.477 e. The van der Waals surface area contributed by atoms with Crippen LogP contribution in [0.4, 0.5) is 18.9 Å². The monoisotopic (exact) mass is 381 g/mol. The van der Waals surface area contributed by atoms with E-state index in [0.717, 1.165) is 16.8 Å². The van der Waals surface area contributed by atoms with Crippen molar-refractivity contribution >= 4 is 22.6 Å². The lowest BCUT2D eigenvalue weighted by molar-refractivity contribution is 0.0694. The number of alkyl halides is 1. The highest BCUT2D eigenvalue weighted by Gasteiger charge is 2.41. The smallest absolute Gasteiger partial charge is 0.341 e. The Kier molecular flexibility index (Phi) is 4.14. The van der Waals surface area contributed by atoms with Crippen molar-refractivity contribution in [3.8, 4) is 0 Å². The molecule has 2 N–H and O–H groups in total. The fourth-order valence-electron chi connectivity index (χ4n) is 3.71. The van der Waals surface area contributed by atoms with E-state index < -0.39 is 46.2 Å². The van der Waals surface area contributed by atoms with E-state index in [2.05, 4.69) is 5.32 Å². The summed E-state index contributed by atoms with van der Waals surface area (Å²) in [6.45, 7) is 3.16. The molecule has 27 heavy (non-hydrogen) atoms. The summed E-state index contributed by atoms with van der Waals surface area (Å²) in [6, 6.07) is 0.117. The van der Waals surface area contributed by atoms with Crippen LogP contribution in [0.3, 0.4) is 0 Å². The van der Waals surface area contributed by atoms with E-state index in [4.69, 9.17) is 0 Å². The van der Waals surface area contributed by atoms with Gasteiger partial charge in [0.1, 0.15) is 23.2 Å². The maximum absolute atomic E-state index is 15.4. The number of benzene rings is 1. The molecule has 3 atom stereocenters. The summed E-state index contributed by atoms with van der Waals surface area (Å²) >= 11 is 0. The lowest BCUT2D eigenvalue weighted by Gasteiger charge is -2.34. The number of aromatic carboxylic acids is 1. The maximum atomic E-state index is 15.4. The number of anilines is 1. The van der Waals surface area contributed by atoms with E-state index in [9.17, 15) is 23.5 Å². The summed E-state index contributed by atoms with van der Waals surface area (Å²) in [6.07, 6.45) is -0.208. The first-order valence-electron chi connectivity index (χ1n) is 8.72. The van der Waals surface area contributed by atoms with Crippen molar-refractivity contribution in [3.05, 3.63) is 39.7 Å². The number of hydrogen-bond donors (Lipinski definition) is 2. The van der Waals surface area contributed by atoms with Crippen LogP contribution in [0.15, 0.2) is 17.1 Å². The molecule has 1 aliphatic carbocycles. The molecule has 0 radical (unpaired) electrons. The molecule has 0 unspecified atom stereocenters. The number of carboxylic acid groups (broad SMARTS) is 1. The second-order valence-electron chi connectivity index (χ2n) is 7.12. The summed E-state index contributed by atoms with van der Waals surface area (Å²) in [7, 11) is 0. The van der Waals surface area contributed by atoms with Crippen molar-refractivity contribution in [3.63, 3.8) is 0 Å². The first-order chi connectivity index (χ1) is 12.8. The summed E-state index contributed by atoms with van der Waals surface area (Å²) in [5, 5.41) is 12.0. The van der Waals surface area contributed by atoms with Crippen LogP contribution in [-0.2, 0) is 0 Å². The van der Waals surface area contributed by atoms with Crippen LogP contribution < -0.4 is 15.6 Å². The molecule has 1 aromatic heterocycles. The number of hydrogen-bond acceptors (Lipinski definition) is 4. The topological polar surface area (TPSA) is 74.6 Å². The van der Waals surface area contributed by atoms with Gasteiger partial charge in [-0.15, -0.1) is 0 Å². The number of nitrogens with one attached hydrogen (secondary N) is 1. The Bertz CT molecular complexity index is 1010. The molecule has 2 aromatic rings. The van der Waals surface area contributed by atoms with E-state index in [1.807, 2.05) is 6.92 Å². The quantitative estimate of drug-likeness (QED) is 0.852. The first kappa shape index (κ1) is 17.8. The molecule has 1 aliphatic heterocycles. The Hall–Kier alpha value is -2.55. The van der Waals surface area contributed by atoms with Crippen LogP contribution in [0.1, 0.15) is 29.7 Å². The molecule has 0 amide bonds. The van der Waals surface area contributed by atoms with Gasteiger partial charge in [-0.1, -0.05) is 0 Å². The van der Waals surface area contributed by atoms with Gasteiger partial charge in [0.2, 0.25) is 5.43 Å². The standard InChI is InChI=1S/C18H18F3N3O3/c1-8-6-23(3-2-22-8)16-12(20)4-9-15(14(16)21)24(13-5-11(13)19)7-10(17(9)25)18(26)27/h4,7-8,11,13,22H,2-3,5-6H2,1H3,(H,26,27)/t8-,11-,13+/m0/s1. The van der Waals surface area contributed by atoms with Crippen molar-refractivity contribution in [2.75, 3.05) is 24.5 Å². The zero-order valence-electron chi connectivity index (χ0n) is 14.5. The van der Waals surface area contributed by atoms with Gasteiger partial charge in [-0.3, -0.25) is 4.79 Å². The van der Waals surface area contributed by atoms with Gasteiger partial charge < -0.3 is 19.9 Å². The third kappa shape index (κ3) is 2.86. The highest BCUT2D eigenvalue weighted by atomic mass is 19.1. The van der Waals surface area contributed by atoms with Gasteiger partial charge >= 0.3 is 5.97 Å².